The fraction of sp³-hybridized carbons (Fsp3) is 0.190. The summed E-state index contributed by atoms with van der Waals surface area (Å²) >= 11 is 5.67. The number of nitrogens with zero attached hydrogens (tertiary/aromatic N) is 1. The van der Waals surface area contributed by atoms with E-state index in [9.17, 15) is 0 Å². The van der Waals surface area contributed by atoms with E-state index in [0.29, 0.717) is 18.2 Å². The minimum absolute atomic E-state index is 0.556. The molecule has 6 heteroatoms. The molecule has 0 saturated heterocycles. The molecule has 27 heavy (non-hydrogen) atoms. The summed E-state index contributed by atoms with van der Waals surface area (Å²) in [5.74, 6) is 2.43. The fourth-order valence-corrected chi connectivity index (χ4v) is 2.93. The molecular formula is C21H22N2O3S. The van der Waals surface area contributed by atoms with E-state index < -0.39 is 0 Å². The van der Waals surface area contributed by atoms with Gasteiger partial charge in [-0.3, -0.25) is 0 Å². The van der Waals surface area contributed by atoms with Crippen molar-refractivity contribution in [2.45, 2.75) is 13.1 Å². The average molecular weight is 382 g/mol. The summed E-state index contributed by atoms with van der Waals surface area (Å²) in [6.07, 6.45) is 1.66. The maximum Gasteiger partial charge on any atom is 0.174 e. The lowest BCUT2D eigenvalue weighted by atomic mass is 10.2. The second-order valence-electron chi connectivity index (χ2n) is 5.95. The summed E-state index contributed by atoms with van der Waals surface area (Å²) in [6, 6.07) is 19.4. The number of thiocarbonyl (C=S) groups is 1. The number of benzene rings is 2. The Morgan fingerprint density at radius 1 is 0.963 bits per heavy atom. The molecule has 0 radical (unpaired) electrons. The van der Waals surface area contributed by atoms with E-state index >= 15 is 0 Å². The highest BCUT2D eigenvalue weighted by Crippen LogP contribution is 2.20. The van der Waals surface area contributed by atoms with Crippen LogP contribution in [0.15, 0.2) is 71.3 Å². The van der Waals surface area contributed by atoms with Crippen LogP contribution in [-0.2, 0) is 13.1 Å². The molecule has 0 aliphatic carbocycles. The molecule has 2 aromatic carbocycles. The standard InChI is InChI=1S/C21H22N2O3S/c1-24-18-8-3-6-16(12-18)14-23(15-20-10-5-11-26-20)21(27)22-17-7-4-9-19(13-17)25-2/h3-13H,14-15H2,1-2H3,(H,22,27). The Bertz CT molecular complexity index is 881. The van der Waals surface area contributed by atoms with Crippen LogP contribution in [0.4, 0.5) is 5.69 Å². The van der Waals surface area contributed by atoms with Crippen LogP contribution in [0.5, 0.6) is 11.5 Å². The molecule has 0 saturated carbocycles. The summed E-state index contributed by atoms with van der Waals surface area (Å²) in [6.45, 7) is 1.17. The Morgan fingerprint density at radius 2 is 1.70 bits per heavy atom. The van der Waals surface area contributed by atoms with Gasteiger partial charge in [0, 0.05) is 18.3 Å². The van der Waals surface area contributed by atoms with Crippen LogP contribution in [0.1, 0.15) is 11.3 Å². The maximum absolute atomic E-state index is 5.67. The molecule has 0 aliphatic heterocycles. The van der Waals surface area contributed by atoms with E-state index in [1.807, 2.05) is 65.6 Å². The van der Waals surface area contributed by atoms with Gasteiger partial charge in [-0.05, 0) is 54.2 Å². The second kappa shape index (κ2) is 9.09. The summed E-state index contributed by atoms with van der Waals surface area (Å²) in [5, 5.41) is 3.88. The zero-order valence-corrected chi connectivity index (χ0v) is 16.2. The molecule has 3 rings (SSSR count). The van der Waals surface area contributed by atoms with Crippen molar-refractivity contribution in [2.75, 3.05) is 19.5 Å². The molecule has 5 nitrogen and oxygen atoms in total. The highest BCUT2D eigenvalue weighted by molar-refractivity contribution is 7.80. The van der Waals surface area contributed by atoms with Crippen molar-refractivity contribution in [2.24, 2.45) is 0 Å². The maximum atomic E-state index is 5.67. The molecule has 0 amide bonds. The van der Waals surface area contributed by atoms with E-state index in [1.165, 1.54) is 0 Å². The van der Waals surface area contributed by atoms with Gasteiger partial charge in [0.1, 0.15) is 17.3 Å². The molecule has 0 aliphatic rings. The average Bonchev–Trinajstić information content (AvgIpc) is 3.21. The number of ether oxygens (including phenoxy) is 2. The van der Waals surface area contributed by atoms with Gasteiger partial charge >= 0.3 is 0 Å². The van der Waals surface area contributed by atoms with Crippen molar-refractivity contribution < 1.29 is 13.9 Å². The molecule has 1 N–H and O–H groups in total. The first-order valence-corrected chi connectivity index (χ1v) is 8.94. The Morgan fingerprint density at radius 3 is 2.41 bits per heavy atom. The molecule has 3 aromatic rings. The number of nitrogens with one attached hydrogen (secondary N) is 1. The third kappa shape index (κ3) is 5.24. The van der Waals surface area contributed by atoms with Crippen LogP contribution >= 0.6 is 12.2 Å². The molecule has 0 atom stereocenters. The lowest BCUT2D eigenvalue weighted by molar-refractivity contribution is 0.359. The van der Waals surface area contributed by atoms with Crippen molar-refractivity contribution in [1.82, 2.24) is 4.90 Å². The quantitative estimate of drug-likeness (QED) is 0.598. The van der Waals surface area contributed by atoms with Crippen LogP contribution in [0.3, 0.4) is 0 Å². The van der Waals surface area contributed by atoms with Gasteiger partial charge in [0.15, 0.2) is 5.11 Å². The minimum atomic E-state index is 0.556. The van der Waals surface area contributed by atoms with Gasteiger partial charge in [0.25, 0.3) is 0 Å². The van der Waals surface area contributed by atoms with Crippen LogP contribution in [0.25, 0.3) is 0 Å². The SMILES string of the molecule is COc1cccc(CN(Cc2ccco2)C(=S)Nc2cccc(OC)c2)c1. The van der Waals surface area contributed by atoms with E-state index in [2.05, 4.69) is 5.32 Å². The molecule has 0 spiro atoms. The Kier molecular flexibility index (Phi) is 6.33. The predicted molar refractivity (Wildman–Crippen MR) is 110 cm³/mol. The van der Waals surface area contributed by atoms with Gasteiger partial charge < -0.3 is 24.1 Å². The second-order valence-corrected chi connectivity index (χ2v) is 6.34. The highest BCUT2D eigenvalue weighted by atomic mass is 32.1. The molecule has 1 aromatic heterocycles. The van der Waals surface area contributed by atoms with Crippen LogP contribution < -0.4 is 14.8 Å². The van der Waals surface area contributed by atoms with Gasteiger partial charge in [0.05, 0.1) is 27.0 Å². The zero-order valence-electron chi connectivity index (χ0n) is 15.3. The lowest BCUT2D eigenvalue weighted by Crippen LogP contribution is -2.33. The van der Waals surface area contributed by atoms with Gasteiger partial charge in [-0.2, -0.15) is 0 Å². The Labute approximate surface area is 164 Å². The molecule has 1 heterocycles. The first kappa shape index (κ1) is 18.8. The van der Waals surface area contributed by atoms with Gasteiger partial charge in [0.2, 0.25) is 0 Å². The third-order valence-corrected chi connectivity index (χ3v) is 4.40. The molecular weight excluding hydrogens is 360 g/mol. The molecule has 0 fully saturated rings. The lowest BCUT2D eigenvalue weighted by Gasteiger charge is -2.25. The van der Waals surface area contributed by atoms with Gasteiger partial charge in [-0.25, -0.2) is 0 Å². The Balaban J connectivity index is 1.78. The van der Waals surface area contributed by atoms with E-state index in [0.717, 1.165) is 28.5 Å². The number of furan rings is 1. The van der Waals surface area contributed by atoms with Crippen molar-refractivity contribution in [3.8, 4) is 11.5 Å². The Hall–Kier alpha value is -2.99. The zero-order chi connectivity index (χ0) is 19.1. The van der Waals surface area contributed by atoms with E-state index in [4.69, 9.17) is 26.1 Å². The van der Waals surface area contributed by atoms with Crippen LogP contribution in [-0.4, -0.2) is 24.2 Å². The van der Waals surface area contributed by atoms with Crippen molar-refractivity contribution in [3.63, 3.8) is 0 Å². The van der Waals surface area contributed by atoms with Crippen molar-refractivity contribution >= 4 is 23.0 Å². The number of rotatable bonds is 7. The molecule has 140 valence electrons. The summed E-state index contributed by atoms with van der Waals surface area (Å²) in [4.78, 5) is 2.04. The van der Waals surface area contributed by atoms with Crippen molar-refractivity contribution in [3.05, 3.63) is 78.3 Å². The summed E-state index contributed by atoms with van der Waals surface area (Å²) < 4.78 is 16.1. The highest BCUT2D eigenvalue weighted by Gasteiger charge is 2.14. The molecule has 0 unspecified atom stereocenters. The smallest absolute Gasteiger partial charge is 0.174 e. The van der Waals surface area contributed by atoms with Crippen LogP contribution in [0, 0.1) is 0 Å². The summed E-state index contributed by atoms with van der Waals surface area (Å²) in [5.41, 5.74) is 1.96. The van der Waals surface area contributed by atoms with Gasteiger partial charge in [-0.1, -0.05) is 18.2 Å². The van der Waals surface area contributed by atoms with Gasteiger partial charge in [-0.15, -0.1) is 0 Å². The first-order valence-electron chi connectivity index (χ1n) is 8.53. The van der Waals surface area contributed by atoms with E-state index in [1.54, 1.807) is 20.5 Å². The van der Waals surface area contributed by atoms with Crippen molar-refractivity contribution in [1.29, 1.82) is 0 Å². The minimum Gasteiger partial charge on any atom is -0.497 e. The number of hydrogen-bond acceptors (Lipinski definition) is 4. The largest absolute Gasteiger partial charge is 0.497 e. The topological polar surface area (TPSA) is 46.9 Å². The predicted octanol–water partition coefficient (Wildman–Crippen LogP) is 4.70. The van der Waals surface area contributed by atoms with E-state index in [-0.39, 0.29) is 0 Å². The normalized spacial score (nSPS) is 10.3. The van der Waals surface area contributed by atoms with Crippen LogP contribution in [0.2, 0.25) is 0 Å². The fourth-order valence-electron chi connectivity index (χ4n) is 2.68. The number of methoxy groups -OCH3 is 2. The third-order valence-electron chi connectivity index (χ3n) is 4.04. The number of hydrogen-bond donors (Lipinski definition) is 1. The summed E-state index contributed by atoms with van der Waals surface area (Å²) in [7, 11) is 3.30. The monoisotopic (exact) mass is 382 g/mol. The first-order chi connectivity index (χ1) is 13.2. The molecule has 0 bridgehead atoms. The number of anilines is 1.